The van der Waals surface area contributed by atoms with Crippen molar-refractivity contribution < 1.29 is 17.1 Å². The van der Waals surface area contributed by atoms with E-state index in [0.29, 0.717) is 11.5 Å². The number of allylic oxidation sites excluding steroid dienone is 2. The van der Waals surface area contributed by atoms with Crippen LogP contribution in [-0.2, 0) is 0 Å². The third kappa shape index (κ3) is 5.41. The minimum Gasteiger partial charge on any atom is -0.493 e. The first kappa shape index (κ1) is 24.5. The standard InChI is InChI=1S/C23H22N3O3.C5H11N.2H2/c1-12-13(2)19(26-23(24)27)6-5-14(12)16-9-17(16)15-7-8-25-20-11-22(29-4)21(28-3)10-18(15)20;1-2-4-6-5-3-1;;/h5-11H,1-4H3,(H3,24,26,27);6H,1-5H2;2*1H. The van der Waals surface area contributed by atoms with Crippen molar-refractivity contribution in [3.8, 4) is 11.5 Å². The quantitative estimate of drug-likeness (QED) is 0.435. The summed E-state index contributed by atoms with van der Waals surface area (Å²) in [5, 5.41) is 6.96. The highest BCUT2D eigenvalue weighted by Crippen LogP contribution is 2.49. The number of fused-ring (bicyclic) bond motifs is 1. The zero-order valence-electron chi connectivity index (χ0n) is 20.8. The molecule has 1 fully saturated rings. The first-order valence-corrected chi connectivity index (χ1v) is 11.9. The fourth-order valence-corrected chi connectivity index (χ4v) is 4.44. The second kappa shape index (κ2) is 10.8. The molecule has 35 heavy (non-hydrogen) atoms. The van der Waals surface area contributed by atoms with E-state index in [2.05, 4.69) is 22.0 Å². The van der Waals surface area contributed by atoms with E-state index in [0.717, 1.165) is 38.8 Å². The number of nitrogens with one attached hydrogen (secondary N) is 2. The Balaban J connectivity index is 0.000000531. The number of anilines is 1. The van der Waals surface area contributed by atoms with Gasteiger partial charge in [-0.25, -0.2) is 4.79 Å². The summed E-state index contributed by atoms with van der Waals surface area (Å²) in [6.45, 7) is 6.53. The van der Waals surface area contributed by atoms with Gasteiger partial charge in [0.2, 0.25) is 0 Å². The van der Waals surface area contributed by atoms with Gasteiger partial charge in [0.15, 0.2) is 11.5 Å². The number of benzene rings is 2. The molecule has 7 nitrogen and oxygen atoms in total. The Hall–Kier alpha value is -3.58. The number of methoxy groups -OCH3 is 2. The van der Waals surface area contributed by atoms with E-state index in [4.69, 9.17) is 15.2 Å². The highest BCUT2D eigenvalue weighted by molar-refractivity contribution is 6.21. The third-order valence-corrected chi connectivity index (χ3v) is 6.57. The van der Waals surface area contributed by atoms with Gasteiger partial charge in [0.05, 0.1) is 19.7 Å². The summed E-state index contributed by atoms with van der Waals surface area (Å²) in [4.78, 5) is 15.7. The average molecular weight is 478 g/mol. The van der Waals surface area contributed by atoms with Crippen LogP contribution in [0.25, 0.3) is 22.0 Å². The van der Waals surface area contributed by atoms with Gasteiger partial charge in [0.1, 0.15) is 0 Å². The van der Waals surface area contributed by atoms with Crippen molar-refractivity contribution in [3.05, 3.63) is 65.2 Å². The molecule has 0 bridgehead atoms. The van der Waals surface area contributed by atoms with Crippen molar-refractivity contribution in [2.75, 3.05) is 32.6 Å². The molecule has 1 aromatic heterocycles. The molecule has 2 aliphatic rings. The fourth-order valence-electron chi connectivity index (χ4n) is 4.44. The van der Waals surface area contributed by atoms with Crippen LogP contribution in [0, 0.1) is 20.3 Å². The molecule has 3 aromatic rings. The number of nitrogens with two attached hydrogens (primary N) is 1. The predicted octanol–water partition coefficient (Wildman–Crippen LogP) is 5.74. The van der Waals surface area contributed by atoms with Crippen LogP contribution in [0.3, 0.4) is 0 Å². The number of pyridine rings is 1. The van der Waals surface area contributed by atoms with Crippen LogP contribution in [0.4, 0.5) is 10.5 Å². The van der Waals surface area contributed by atoms with Gasteiger partial charge >= 0.3 is 6.03 Å². The summed E-state index contributed by atoms with van der Waals surface area (Å²) < 4.78 is 10.9. The van der Waals surface area contributed by atoms with Gasteiger partial charge in [-0.2, -0.15) is 0 Å². The van der Waals surface area contributed by atoms with Crippen molar-refractivity contribution in [1.29, 1.82) is 0 Å². The molecule has 0 saturated carbocycles. The Morgan fingerprint density at radius 3 is 2.26 bits per heavy atom. The van der Waals surface area contributed by atoms with Gasteiger partial charge in [0, 0.05) is 32.6 Å². The fraction of sp³-hybridized carbons (Fsp3) is 0.321. The van der Waals surface area contributed by atoms with Crippen molar-refractivity contribution in [3.63, 3.8) is 0 Å². The maximum Gasteiger partial charge on any atom is 0.316 e. The van der Waals surface area contributed by atoms with E-state index < -0.39 is 6.03 Å². The molecule has 7 heteroatoms. The number of amides is 2. The predicted molar refractivity (Wildman–Crippen MR) is 146 cm³/mol. The van der Waals surface area contributed by atoms with E-state index in [1.807, 2.05) is 44.2 Å². The summed E-state index contributed by atoms with van der Waals surface area (Å²) in [6, 6.07) is 9.20. The highest BCUT2D eigenvalue weighted by atomic mass is 16.5. The summed E-state index contributed by atoms with van der Waals surface area (Å²) in [7, 11) is 3.24. The van der Waals surface area contributed by atoms with E-state index in [1.165, 1.54) is 43.5 Å². The van der Waals surface area contributed by atoms with Gasteiger partial charge in [-0.05, 0) is 91.4 Å². The molecule has 187 valence electrons. The second-order valence-electron chi connectivity index (χ2n) is 8.77. The molecular weight excluding hydrogens is 440 g/mol. The monoisotopic (exact) mass is 477 g/mol. The van der Waals surface area contributed by atoms with Gasteiger partial charge < -0.3 is 25.8 Å². The summed E-state index contributed by atoms with van der Waals surface area (Å²) in [5.74, 6) is 1.33. The van der Waals surface area contributed by atoms with Crippen LogP contribution in [0.15, 0.2) is 36.5 Å². The zero-order valence-corrected chi connectivity index (χ0v) is 20.8. The molecule has 1 saturated heterocycles. The lowest BCUT2D eigenvalue weighted by Gasteiger charge is -2.12. The number of aromatic nitrogens is 1. The Morgan fingerprint density at radius 1 is 0.971 bits per heavy atom. The van der Waals surface area contributed by atoms with Crippen molar-refractivity contribution in [2.45, 2.75) is 33.1 Å². The van der Waals surface area contributed by atoms with Crippen LogP contribution in [0.1, 0.15) is 44.4 Å². The number of ether oxygens (including phenoxy) is 2. The Labute approximate surface area is 209 Å². The number of urea groups is 1. The highest BCUT2D eigenvalue weighted by Gasteiger charge is 2.28. The molecule has 2 heterocycles. The zero-order chi connectivity index (χ0) is 24.9. The molecule has 1 aliphatic carbocycles. The second-order valence-corrected chi connectivity index (χ2v) is 8.77. The number of primary amides is 1. The smallest absolute Gasteiger partial charge is 0.316 e. The van der Waals surface area contributed by atoms with E-state index in [9.17, 15) is 4.79 Å². The lowest BCUT2D eigenvalue weighted by molar-refractivity contribution is 0.259. The van der Waals surface area contributed by atoms with E-state index in [1.54, 1.807) is 20.4 Å². The summed E-state index contributed by atoms with van der Waals surface area (Å²) in [6.07, 6.45) is 8.18. The molecule has 4 N–H and O–H groups in total. The number of hydrogen-bond acceptors (Lipinski definition) is 5. The molecular formula is C28H37N4O3. The van der Waals surface area contributed by atoms with Crippen LogP contribution in [-0.4, -0.2) is 38.3 Å². The lowest BCUT2D eigenvalue weighted by atomic mass is 9.99. The Morgan fingerprint density at radius 2 is 1.66 bits per heavy atom. The van der Waals surface area contributed by atoms with Crippen LogP contribution < -0.4 is 25.8 Å². The average Bonchev–Trinajstić information content (AvgIpc) is 3.67. The van der Waals surface area contributed by atoms with Crippen LogP contribution in [0.2, 0.25) is 0 Å². The number of carbonyl (C=O) groups excluding carboxylic acids is 1. The van der Waals surface area contributed by atoms with Crippen molar-refractivity contribution in [1.82, 2.24) is 10.3 Å². The van der Waals surface area contributed by atoms with Crippen LogP contribution >= 0.6 is 0 Å². The van der Waals surface area contributed by atoms with Gasteiger partial charge in [0.25, 0.3) is 0 Å². The van der Waals surface area contributed by atoms with Crippen molar-refractivity contribution in [2.24, 2.45) is 5.73 Å². The number of nitrogens with zero attached hydrogens (tertiary/aromatic N) is 1. The maximum atomic E-state index is 11.2. The molecule has 0 atom stereocenters. The van der Waals surface area contributed by atoms with Gasteiger partial charge in [-0.3, -0.25) is 4.98 Å². The van der Waals surface area contributed by atoms with E-state index in [-0.39, 0.29) is 2.85 Å². The molecule has 0 unspecified atom stereocenters. The summed E-state index contributed by atoms with van der Waals surface area (Å²) in [5.41, 5.74) is 13.5. The van der Waals surface area contributed by atoms with Gasteiger partial charge in [-0.1, -0.05) is 12.5 Å². The normalized spacial score (nSPS) is 14.7. The van der Waals surface area contributed by atoms with Crippen molar-refractivity contribution >= 4 is 33.8 Å². The minimum absolute atomic E-state index is 0. The summed E-state index contributed by atoms with van der Waals surface area (Å²) >= 11 is 0. The molecule has 1 radical (unpaired) electrons. The molecule has 2 aromatic carbocycles. The minimum atomic E-state index is -0.564. The van der Waals surface area contributed by atoms with E-state index >= 15 is 0 Å². The number of hydrogen-bond donors (Lipinski definition) is 3. The molecule has 1 aliphatic heterocycles. The number of piperidine rings is 1. The Kier molecular flexibility index (Phi) is 7.56. The lowest BCUT2D eigenvalue weighted by Crippen LogP contribution is -2.21. The molecule has 5 rings (SSSR count). The SMILES string of the molecule is C1CCNCC1.COc1cc2nccc(C3=C(c4ccc(NC(N)=O)c(C)c4C)[CH]3)c2cc1OC.[HH].[HH]. The largest absolute Gasteiger partial charge is 0.493 e. The van der Waals surface area contributed by atoms with Gasteiger partial charge in [-0.15, -0.1) is 0 Å². The molecule has 2 amide bonds. The first-order chi connectivity index (χ1) is 16.9. The molecule has 0 spiro atoms. The van der Waals surface area contributed by atoms with Crippen LogP contribution in [0.5, 0.6) is 11.5 Å². The Bertz CT molecular complexity index is 1280. The maximum absolute atomic E-state index is 11.2. The topological polar surface area (TPSA) is 98.5 Å². The third-order valence-electron chi connectivity index (χ3n) is 6.57. The number of rotatable bonds is 5. The number of carbonyl (C=O) groups is 1. The first-order valence-electron chi connectivity index (χ1n) is 11.9.